The second-order valence-electron chi connectivity index (χ2n) is 7.16. The maximum Gasteiger partial charge on any atom is 0.269 e. The number of hydrogen-bond donors (Lipinski definition) is 2. The molecule has 1 fully saturated rings. The molecule has 0 aliphatic carbocycles. The molecular formula is C19H25N5O3S. The highest BCUT2D eigenvalue weighted by atomic mass is 32.2. The highest BCUT2D eigenvalue weighted by Gasteiger charge is 2.28. The molecule has 1 aliphatic heterocycles. The van der Waals surface area contributed by atoms with Gasteiger partial charge in [-0.25, -0.2) is 18.4 Å². The fourth-order valence-electron chi connectivity index (χ4n) is 3.12. The molecule has 2 aromatic rings. The topological polar surface area (TPSA) is 104 Å². The maximum absolute atomic E-state index is 12.7. The average Bonchev–Trinajstić information content (AvgIpc) is 2.66. The minimum Gasteiger partial charge on any atom is -0.267 e. The van der Waals surface area contributed by atoms with Crippen molar-refractivity contribution in [3.8, 4) is 0 Å². The van der Waals surface area contributed by atoms with Gasteiger partial charge in [0.25, 0.3) is 5.91 Å². The number of carbonyl (C=O) groups is 1. The molecule has 0 radical (unpaired) electrons. The van der Waals surface area contributed by atoms with E-state index >= 15 is 0 Å². The van der Waals surface area contributed by atoms with E-state index in [1.165, 1.54) is 28.6 Å². The van der Waals surface area contributed by atoms with E-state index < -0.39 is 15.9 Å². The third-order valence-electron chi connectivity index (χ3n) is 4.77. The van der Waals surface area contributed by atoms with E-state index in [1.807, 2.05) is 19.9 Å². The lowest BCUT2D eigenvalue weighted by molar-refractivity contribution is 0.0962. The fourth-order valence-corrected chi connectivity index (χ4v) is 4.59. The Morgan fingerprint density at radius 1 is 1.07 bits per heavy atom. The number of carbonyl (C=O) groups excluding carboxylic acids is 1. The van der Waals surface area contributed by atoms with E-state index in [-0.39, 0.29) is 4.90 Å². The summed E-state index contributed by atoms with van der Waals surface area (Å²) in [6, 6.07) is 7.76. The van der Waals surface area contributed by atoms with Crippen LogP contribution >= 0.6 is 0 Å². The van der Waals surface area contributed by atoms with Crippen LogP contribution in [-0.2, 0) is 10.0 Å². The van der Waals surface area contributed by atoms with Crippen molar-refractivity contribution in [3.05, 3.63) is 47.3 Å². The lowest BCUT2D eigenvalue weighted by Gasteiger charge is -2.29. The van der Waals surface area contributed by atoms with Crippen LogP contribution in [0.15, 0.2) is 35.2 Å². The van der Waals surface area contributed by atoms with E-state index in [1.54, 1.807) is 0 Å². The molecule has 2 N–H and O–H groups in total. The minimum atomic E-state index is -3.53. The Labute approximate surface area is 165 Å². The van der Waals surface area contributed by atoms with Crippen molar-refractivity contribution in [3.63, 3.8) is 0 Å². The summed E-state index contributed by atoms with van der Waals surface area (Å²) in [5.74, 6) is 0.439. The zero-order valence-corrected chi connectivity index (χ0v) is 17.1. The number of anilines is 1. The Hall–Kier alpha value is -2.52. The summed E-state index contributed by atoms with van der Waals surface area (Å²) in [5.41, 5.74) is 7.10. The predicted octanol–water partition coefficient (Wildman–Crippen LogP) is 2.27. The number of piperidine rings is 1. The number of amides is 1. The first-order valence-electron chi connectivity index (χ1n) is 9.24. The van der Waals surface area contributed by atoms with Gasteiger partial charge in [0.05, 0.1) is 4.90 Å². The number of nitrogens with zero attached hydrogens (tertiary/aromatic N) is 3. The quantitative estimate of drug-likeness (QED) is 0.742. The van der Waals surface area contributed by atoms with Gasteiger partial charge in [-0.05, 0) is 62.9 Å². The molecule has 0 spiro atoms. The van der Waals surface area contributed by atoms with Crippen LogP contribution in [0.5, 0.6) is 0 Å². The minimum absolute atomic E-state index is 0.198. The van der Waals surface area contributed by atoms with Crippen molar-refractivity contribution >= 4 is 21.9 Å². The number of rotatable bonds is 5. The molecule has 9 heteroatoms. The van der Waals surface area contributed by atoms with Crippen LogP contribution in [0, 0.1) is 19.8 Å². The summed E-state index contributed by atoms with van der Waals surface area (Å²) >= 11 is 0. The number of aryl methyl sites for hydroxylation is 2. The first-order chi connectivity index (χ1) is 13.3. The van der Waals surface area contributed by atoms with Crippen LogP contribution < -0.4 is 10.9 Å². The number of sulfonamides is 1. The number of aromatic nitrogens is 2. The Bertz CT molecular complexity index is 932. The van der Waals surface area contributed by atoms with Crippen LogP contribution in [0.4, 0.5) is 5.95 Å². The van der Waals surface area contributed by atoms with Crippen LogP contribution in [0.2, 0.25) is 0 Å². The van der Waals surface area contributed by atoms with Crippen molar-refractivity contribution in [1.82, 2.24) is 19.7 Å². The molecule has 1 aromatic carbocycles. The molecule has 0 unspecified atom stereocenters. The van der Waals surface area contributed by atoms with Gasteiger partial charge in [0, 0.05) is 30.0 Å². The van der Waals surface area contributed by atoms with Crippen molar-refractivity contribution < 1.29 is 13.2 Å². The Balaban J connectivity index is 1.65. The van der Waals surface area contributed by atoms with Crippen molar-refractivity contribution in [2.75, 3.05) is 18.5 Å². The van der Waals surface area contributed by atoms with Gasteiger partial charge >= 0.3 is 0 Å². The van der Waals surface area contributed by atoms with Gasteiger partial charge in [0.15, 0.2) is 0 Å². The summed E-state index contributed by atoms with van der Waals surface area (Å²) in [7, 11) is -3.53. The number of hydrogen-bond acceptors (Lipinski definition) is 6. The predicted molar refractivity (Wildman–Crippen MR) is 106 cm³/mol. The highest BCUT2D eigenvalue weighted by Crippen LogP contribution is 2.23. The van der Waals surface area contributed by atoms with E-state index in [0.717, 1.165) is 24.2 Å². The first-order valence-corrected chi connectivity index (χ1v) is 10.7. The van der Waals surface area contributed by atoms with Crippen LogP contribution in [0.1, 0.15) is 41.5 Å². The summed E-state index contributed by atoms with van der Waals surface area (Å²) in [5, 5.41) is 0. The molecule has 1 amide bonds. The zero-order chi connectivity index (χ0) is 20.3. The monoisotopic (exact) mass is 403 g/mol. The molecule has 28 heavy (non-hydrogen) atoms. The van der Waals surface area contributed by atoms with E-state index in [9.17, 15) is 13.2 Å². The largest absolute Gasteiger partial charge is 0.269 e. The first kappa shape index (κ1) is 20.2. The van der Waals surface area contributed by atoms with Crippen LogP contribution in [-0.4, -0.2) is 41.7 Å². The SMILES string of the molecule is Cc1cc(C)nc(NNC(=O)c2ccc(S(=O)(=O)N3CCC(C)CC3)cc2)n1. The number of benzene rings is 1. The van der Waals surface area contributed by atoms with Crippen molar-refractivity contribution in [1.29, 1.82) is 0 Å². The average molecular weight is 404 g/mol. The molecule has 8 nitrogen and oxygen atoms in total. The molecule has 150 valence electrons. The van der Waals surface area contributed by atoms with Crippen LogP contribution in [0.3, 0.4) is 0 Å². The van der Waals surface area contributed by atoms with Gasteiger partial charge in [-0.3, -0.25) is 15.6 Å². The van der Waals surface area contributed by atoms with E-state index in [4.69, 9.17) is 0 Å². The molecule has 0 atom stereocenters. The summed E-state index contributed by atoms with van der Waals surface area (Å²) in [4.78, 5) is 20.9. The van der Waals surface area contributed by atoms with Gasteiger partial charge in [-0.1, -0.05) is 6.92 Å². The summed E-state index contributed by atoms with van der Waals surface area (Å²) < 4.78 is 27.0. The van der Waals surface area contributed by atoms with Crippen molar-refractivity contribution in [2.24, 2.45) is 5.92 Å². The van der Waals surface area contributed by atoms with Gasteiger partial charge in [-0.15, -0.1) is 0 Å². The molecular weight excluding hydrogens is 378 g/mol. The van der Waals surface area contributed by atoms with E-state index in [0.29, 0.717) is 30.5 Å². The van der Waals surface area contributed by atoms with Gasteiger partial charge in [-0.2, -0.15) is 4.31 Å². The summed E-state index contributed by atoms with van der Waals surface area (Å²) in [6.07, 6.45) is 1.73. The standard InChI is InChI=1S/C19H25N5O3S/c1-13-8-10-24(11-9-13)28(26,27)17-6-4-16(5-7-17)18(25)22-23-19-20-14(2)12-15(3)21-19/h4-7,12-13H,8-11H2,1-3H3,(H,22,25)(H,20,21,23). The third-order valence-corrected chi connectivity index (χ3v) is 6.68. The molecule has 2 heterocycles. The Morgan fingerprint density at radius 3 is 2.21 bits per heavy atom. The summed E-state index contributed by atoms with van der Waals surface area (Å²) in [6.45, 7) is 6.87. The highest BCUT2D eigenvalue weighted by molar-refractivity contribution is 7.89. The third kappa shape index (κ3) is 4.66. The number of nitrogens with one attached hydrogen (secondary N) is 2. The lowest BCUT2D eigenvalue weighted by Crippen LogP contribution is -2.37. The molecule has 1 aliphatic rings. The lowest BCUT2D eigenvalue weighted by atomic mass is 10.0. The van der Waals surface area contributed by atoms with Gasteiger partial charge in [0.1, 0.15) is 0 Å². The van der Waals surface area contributed by atoms with E-state index in [2.05, 4.69) is 27.7 Å². The molecule has 0 bridgehead atoms. The normalized spacial score (nSPS) is 16.0. The second kappa shape index (κ2) is 8.24. The Morgan fingerprint density at radius 2 is 1.64 bits per heavy atom. The van der Waals surface area contributed by atoms with Gasteiger partial charge in [0.2, 0.25) is 16.0 Å². The zero-order valence-electron chi connectivity index (χ0n) is 16.3. The molecule has 0 saturated carbocycles. The fraction of sp³-hybridized carbons (Fsp3) is 0.421. The smallest absolute Gasteiger partial charge is 0.267 e. The van der Waals surface area contributed by atoms with Crippen molar-refractivity contribution in [2.45, 2.75) is 38.5 Å². The Kier molecular flexibility index (Phi) is 5.95. The number of hydrazine groups is 1. The molecule has 3 rings (SSSR count). The second-order valence-corrected chi connectivity index (χ2v) is 9.10. The van der Waals surface area contributed by atoms with Gasteiger partial charge < -0.3 is 0 Å². The van der Waals surface area contributed by atoms with Crippen LogP contribution in [0.25, 0.3) is 0 Å². The molecule has 1 saturated heterocycles. The maximum atomic E-state index is 12.7. The molecule has 1 aromatic heterocycles.